The lowest BCUT2D eigenvalue weighted by Gasteiger charge is -2.22. The molecule has 0 aliphatic carbocycles. The summed E-state index contributed by atoms with van der Waals surface area (Å²) < 4.78 is 11.5. The Balaban J connectivity index is 2.03. The predicted molar refractivity (Wildman–Crippen MR) is 58.5 cm³/mol. The molecule has 0 N–H and O–H groups in total. The zero-order chi connectivity index (χ0) is 12.3. The molecule has 0 spiro atoms. The number of esters is 1. The van der Waals surface area contributed by atoms with E-state index in [4.69, 9.17) is 9.47 Å². The summed E-state index contributed by atoms with van der Waals surface area (Å²) in [7, 11) is 1.48. The summed E-state index contributed by atoms with van der Waals surface area (Å²) >= 11 is 0. The Hall–Kier alpha value is -1.69. The molecule has 6 heteroatoms. The zero-order valence-corrected chi connectivity index (χ0v) is 9.59. The van der Waals surface area contributed by atoms with Crippen molar-refractivity contribution in [3.05, 3.63) is 28.2 Å². The van der Waals surface area contributed by atoms with Gasteiger partial charge in [0.25, 0.3) is 5.56 Å². The molecule has 0 bridgehead atoms. The average Bonchev–Trinajstić information content (AvgIpc) is 2.34. The fourth-order valence-corrected chi connectivity index (χ4v) is 1.60. The quantitative estimate of drug-likeness (QED) is 0.700. The van der Waals surface area contributed by atoms with Gasteiger partial charge in [-0.05, 0) is 18.9 Å². The molecule has 0 amide bonds. The van der Waals surface area contributed by atoms with Crippen LogP contribution in [0, 0.1) is 0 Å². The molecular formula is C11H14N2O4. The molecule has 0 saturated carbocycles. The average molecular weight is 238 g/mol. The minimum Gasteiger partial charge on any atom is -0.431 e. The molecule has 1 aliphatic heterocycles. The van der Waals surface area contributed by atoms with Crippen LogP contribution in [-0.2, 0) is 16.5 Å². The Bertz CT molecular complexity index is 463. The van der Waals surface area contributed by atoms with E-state index in [0.717, 1.165) is 17.5 Å². The van der Waals surface area contributed by atoms with Gasteiger partial charge in [0.1, 0.15) is 0 Å². The van der Waals surface area contributed by atoms with Crippen molar-refractivity contribution in [1.29, 1.82) is 0 Å². The van der Waals surface area contributed by atoms with Crippen LogP contribution in [0.3, 0.4) is 0 Å². The number of carbonyl (C=O) groups is 1. The number of hydrogen-bond acceptors (Lipinski definition) is 5. The minimum absolute atomic E-state index is 0.112. The van der Waals surface area contributed by atoms with Gasteiger partial charge < -0.3 is 9.47 Å². The molecule has 1 unspecified atom stereocenters. The third-order valence-electron chi connectivity index (χ3n) is 2.55. The van der Waals surface area contributed by atoms with E-state index in [1.54, 1.807) is 0 Å². The number of rotatable bonds is 2. The minimum atomic E-state index is -0.563. The maximum absolute atomic E-state index is 11.7. The highest BCUT2D eigenvalue weighted by atomic mass is 16.7. The van der Waals surface area contributed by atoms with Gasteiger partial charge in [-0.3, -0.25) is 4.79 Å². The number of hydrogen-bond donors (Lipinski definition) is 0. The van der Waals surface area contributed by atoms with Crippen LogP contribution in [0.25, 0.3) is 0 Å². The number of ether oxygens (including phenoxy) is 2. The first kappa shape index (κ1) is 11.8. The zero-order valence-electron chi connectivity index (χ0n) is 9.59. The van der Waals surface area contributed by atoms with Crippen molar-refractivity contribution in [2.75, 3.05) is 6.61 Å². The van der Waals surface area contributed by atoms with E-state index in [0.29, 0.717) is 13.0 Å². The summed E-state index contributed by atoms with van der Waals surface area (Å²) in [5.74, 6) is -0.563. The Morgan fingerprint density at radius 3 is 3.00 bits per heavy atom. The molecule has 1 aromatic heterocycles. The van der Waals surface area contributed by atoms with Gasteiger partial charge in [-0.2, -0.15) is 5.10 Å². The molecule has 2 heterocycles. The first-order chi connectivity index (χ1) is 8.16. The highest BCUT2D eigenvalue weighted by Gasteiger charge is 2.20. The lowest BCUT2D eigenvalue weighted by Crippen LogP contribution is -2.27. The third kappa shape index (κ3) is 2.91. The Labute approximate surface area is 98.1 Å². The van der Waals surface area contributed by atoms with E-state index >= 15 is 0 Å². The number of nitrogens with zero attached hydrogens (tertiary/aromatic N) is 2. The van der Waals surface area contributed by atoms with E-state index in [1.807, 2.05) is 0 Å². The van der Waals surface area contributed by atoms with Gasteiger partial charge in [-0.15, -0.1) is 0 Å². The van der Waals surface area contributed by atoms with Crippen LogP contribution in [0.1, 0.15) is 29.8 Å². The largest absolute Gasteiger partial charge is 0.431 e. The van der Waals surface area contributed by atoms with Crippen molar-refractivity contribution in [1.82, 2.24) is 9.78 Å². The van der Waals surface area contributed by atoms with E-state index in [2.05, 4.69) is 5.10 Å². The van der Waals surface area contributed by atoms with Gasteiger partial charge in [0, 0.05) is 19.5 Å². The Kier molecular flexibility index (Phi) is 3.53. The molecule has 17 heavy (non-hydrogen) atoms. The van der Waals surface area contributed by atoms with Crippen molar-refractivity contribution in [2.45, 2.75) is 25.6 Å². The summed E-state index contributed by atoms with van der Waals surface area (Å²) in [5, 5.41) is 3.81. The second kappa shape index (κ2) is 5.09. The lowest BCUT2D eigenvalue weighted by molar-refractivity contribution is -0.131. The second-order valence-electron chi connectivity index (χ2n) is 3.88. The monoisotopic (exact) mass is 238 g/mol. The normalized spacial score (nSPS) is 19.9. The molecule has 2 rings (SSSR count). The van der Waals surface area contributed by atoms with Crippen molar-refractivity contribution in [3.63, 3.8) is 0 Å². The van der Waals surface area contributed by atoms with Gasteiger partial charge in [-0.1, -0.05) is 0 Å². The Morgan fingerprint density at radius 2 is 2.35 bits per heavy atom. The molecule has 0 aromatic carbocycles. The maximum Gasteiger partial charge on any atom is 0.361 e. The van der Waals surface area contributed by atoms with Crippen LogP contribution >= 0.6 is 0 Å². The SMILES string of the molecule is Cn1nc(C(=O)OC2CCCCO2)ccc1=O. The molecule has 92 valence electrons. The second-order valence-corrected chi connectivity index (χ2v) is 3.88. The number of aromatic nitrogens is 2. The van der Waals surface area contributed by atoms with Crippen LogP contribution in [0.5, 0.6) is 0 Å². The first-order valence-corrected chi connectivity index (χ1v) is 5.54. The summed E-state index contributed by atoms with van der Waals surface area (Å²) in [6.07, 6.45) is 2.19. The molecule has 6 nitrogen and oxygen atoms in total. The fraction of sp³-hybridized carbons (Fsp3) is 0.545. The number of carbonyl (C=O) groups excluding carboxylic acids is 1. The van der Waals surface area contributed by atoms with E-state index in [9.17, 15) is 9.59 Å². The van der Waals surface area contributed by atoms with Gasteiger partial charge in [0.2, 0.25) is 6.29 Å². The maximum atomic E-state index is 11.7. The molecule has 1 saturated heterocycles. The summed E-state index contributed by atoms with van der Waals surface area (Å²) in [6.45, 7) is 0.610. The van der Waals surface area contributed by atoms with Crippen molar-refractivity contribution < 1.29 is 14.3 Å². The Morgan fingerprint density at radius 1 is 1.53 bits per heavy atom. The van der Waals surface area contributed by atoms with Gasteiger partial charge in [0.05, 0.1) is 6.61 Å². The summed E-state index contributed by atoms with van der Waals surface area (Å²) in [4.78, 5) is 22.8. The van der Waals surface area contributed by atoms with Crippen LogP contribution in [0.15, 0.2) is 16.9 Å². The topological polar surface area (TPSA) is 70.4 Å². The van der Waals surface area contributed by atoms with Crippen LogP contribution in [0.2, 0.25) is 0 Å². The third-order valence-corrected chi connectivity index (χ3v) is 2.55. The van der Waals surface area contributed by atoms with Gasteiger partial charge in [0.15, 0.2) is 5.69 Å². The summed E-state index contributed by atoms with van der Waals surface area (Å²) in [5.41, 5.74) is -0.156. The molecular weight excluding hydrogens is 224 g/mol. The van der Waals surface area contributed by atoms with E-state index in [1.165, 1.54) is 19.2 Å². The standard InChI is InChI=1S/C11H14N2O4/c1-13-9(14)6-5-8(12-13)11(15)17-10-4-2-3-7-16-10/h5-6,10H,2-4,7H2,1H3. The van der Waals surface area contributed by atoms with Crippen molar-refractivity contribution >= 4 is 5.97 Å². The highest BCUT2D eigenvalue weighted by Crippen LogP contribution is 2.14. The van der Waals surface area contributed by atoms with Gasteiger partial charge >= 0.3 is 5.97 Å². The predicted octanol–water partition coefficient (Wildman–Crippen LogP) is 0.464. The smallest absolute Gasteiger partial charge is 0.361 e. The van der Waals surface area contributed by atoms with Crippen LogP contribution in [-0.4, -0.2) is 28.6 Å². The first-order valence-electron chi connectivity index (χ1n) is 5.54. The highest BCUT2D eigenvalue weighted by molar-refractivity contribution is 5.86. The van der Waals surface area contributed by atoms with Crippen molar-refractivity contribution in [2.24, 2.45) is 7.05 Å². The molecule has 1 atom stereocenters. The molecule has 1 aliphatic rings. The fourth-order valence-electron chi connectivity index (χ4n) is 1.60. The van der Waals surface area contributed by atoms with Gasteiger partial charge in [-0.25, -0.2) is 9.48 Å². The lowest BCUT2D eigenvalue weighted by atomic mass is 10.2. The van der Waals surface area contributed by atoms with E-state index < -0.39 is 12.3 Å². The van der Waals surface area contributed by atoms with Crippen LogP contribution < -0.4 is 5.56 Å². The molecule has 1 fully saturated rings. The molecule has 1 aromatic rings. The van der Waals surface area contributed by atoms with Crippen LogP contribution in [0.4, 0.5) is 0 Å². The number of aryl methyl sites for hydroxylation is 1. The van der Waals surface area contributed by atoms with E-state index in [-0.39, 0.29) is 11.3 Å². The molecule has 0 radical (unpaired) electrons. The van der Waals surface area contributed by atoms with Crippen molar-refractivity contribution in [3.8, 4) is 0 Å². The summed E-state index contributed by atoms with van der Waals surface area (Å²) in [6, 6.07) is 2.64.